The predicted octanol–water partition coefficient (Wildman–Crippen LogP) is 3.22. The van der Waals surface area contributed by atoms with Crippen LogP contribution in [0.15, 0.2) is 36.5 Å². The number of carbonyl (C=O) groups excluding carboxylic acids is 2. The SMILES string of the molecule is COC(=O)c1ccc(-c2ccc3c(c2)CC[C@H](C)N3C(C)=O)nc1. The smallest absolute Gasteiger partial charge is 0.339 e. The molecule has 2 heterocycles. The number of amides is 1. The van der Waals surface area contributed by atoms with Crippen molar-refractivity contribution in [3.05, 3.63) is 47.7 Å². The van der Waals surface area contributed by atoms with Crippen molar-refractivity contribution < 1.29 is 14.3 Å². The Labute approximate surface area is 141 Å². The van der Waals surface area contributed by atoms with E-state index in [9.17, 15) is 9.59 Å². The molecule has 0 saturated carbocycles. The van der Waals surface area contributed by atoms with E-state index in [2.05, 4.69) is 22.7 Å². The molecule has 0 bridgehead atoms. The molecule has 1 aliphatic rings. The summed E-state index contributed by atoms with van der Waals surface area (Å²) < 4.78 is 4.68. The van der Waals surface area contributed by atoms with Gasteiger partial charge < -0.3 is 9.64 Å². The molecule has 0 spiro atoms. The largest absolute Gasteiger partial charge is 0.465 e. The molecule has 0 unspecified atom stereocenters. The third-order valence-corrected chi connectivity index (χ3v) is 4.43. The van der Waals surface area contributed by atoms with E-state index in [4.69, 9.17) is 0 Å². The summed E-state index contributed by atoms with van der Waals surface area (Å²) in [6.07, 6.45) is 3.41. The van der Waals surface area contributed by atoms with Gasteiger partial charge in [-0.3, -0.25) is 9.78 Å². The zero-order valence-electron chi connectivity index (χ0n) is 14.1. The molecule has 0 aliphatic carbocycles. The van der Waals surface area contributed by atoms with Crippen molar-refractivity contribution in [3.8, 4) is 11.3 Å². The van der Waals surface area contributed by atoms with Gasteiger partial charge in [-0.1, -0.05) is 6.07 Å². The molecule has 3 rings (SSSR count). The number of anilines is 1. The Morgan fingerprint density at radius 3 is 2.67 bits per heavy atom. The average Bonchev–Trinajstić information content (AvgIpc) is 2.60. The van der Waals surface area contributed by atoms with Gasteiger partial charge in [0, 0.05) is 30.4 Å². The Balaban J connectivity index is 1.94. The topological polar surface area (TPSA) is 59.5 Å². The zero-order chi connectivity index (χ0) is 17.3. The third-order valence-electron chi connectivity index (χ3n) is 4.43. The standard InChI is InChI=1S/C19H20N2O3/c1-12-4-5-15-10-14(7-9-18(15)21(12)13(2)22)17-8-6-16(11-20-17)19(23)24-3/h6-12H,4-5H2,1-3H3/t12-/m0/s1. The molecule has 5 nitrogen and oxygen atoms in total. The van der Waals surface area contributed by atoms with Crippen molar-refractivity contribution in [1.82, 2.24) is 4.98 Å². The Hall–Kier alpha value is -2.69. The highest BCUT2D eigenvalue weighted by Crippen LogP contribution is 2.33. The lowest BCUT2D eigenvalue weighted by atomic mass is 9.94. The lowest BCUT2D eigenvalue weighted by Crippen LogP contribution is -2.40. The number of fused-ring (bicyclic) bond motifs is 1. The highest BCUT2D eigenvalue weighted by atomic mass is 16.5. The molecule has 0 saturated heterocycles. The van der Waals surface area contributed by atoms with Crippen LogP contribution in [0.25, 0.3) is 11.3 Å². The van der Waals surface area contributed by atoms with Crippen molar-refractivity contribution in [2.45, 2.75) is 32.7 Å². The number of nitrogens with zero attached hydrogens (tertiary/aromatic N) is 2. The monoisotopic (exact) mass is 324 g/mol. The maximum Gasteiger partial charge on any atom is 0.339 e. The first-order valence-corrected chi connectivity index (χ1v) is 7.98. The molecule has 0 fully saturated rings. The van der Waals surface area contributed by atoms with E-state index < -0.39 is 5.97 Å². The molecule has 0 radical (unpaired) electrons. The molecular weight excluding hydrogens is 304 g/mol. The quantitative estimate of drug-likeness (QED) is 0.796. The van der Waals surface area contributed by atoms with Gasteiger partial charge >= 0.3 is 5.97 Å². The third kappa shape index (κ3) is 2.89. The number of pyridine rings is 1. The summed E-state index contributed by atoms with van der Waals surface area (Å²) in [5, 5.41) is 0. The minimum absolute atomic E-state index is 0.0664. The Kier molecular flexibility index (Phi) is 4.34. The number of methoxy groups -OCH3 is 1. The van der Waals surface area contributed by atoms with E-state index in [1.807, 2.05) is 23.1 Å². The fraction of sp³-hybridized carbons (Fsp3) is 0.316. The van der Waals surface area contributed by atoms with Crippen LogP contribution < -0.4 is 4.90 Å². The van der Waals surface area contributed by atoms with E-state index in [-0.39, 0.29) is 11.9 Å². The van der Waals surface area contributed by atoms with Gasteiger partial charge in [0.1, 0.15) is 0 Å². The first kappa shape index (κ1) is 16.2. The number of esters is 1. The van der Waals surface area contributed by atoms with Crippen molar-refractivity contribution in [2.24, 2.45) is 0 Å². The zero-order valence-corrected chi connectivity index (χ0v) is 14.1. The Morgan fingerprint density at radius 1 is 1.25 bits per heavy atom. The maximum atomic E-state index is 11.9. The van der Waals surface area contributed by atoms with Crippen molar-refractivity contribution >= 4 is 17.6 Å². The number of carbonyl (C=O) groups is 2. The number of rotatable bonds is 2. The molecule has 124 valence electrons. The number of aryl methyl sites for hydroxylation is 1. The summed E-state index contributed by atoms with van der Waals surface area (Å²) in [6, 6.07) is 9.76. The molecule has 5 heteroatoms. The normalized spacial score (nSPS) is 16.5. The van der Waals surface area contributed by atoms with Crippen molar-refractivity contribution in [3.63, 3.8) is 0 Å². The van der Waals surface area contributed by atoms with Gasteiger partial charge in [-0.2, -0.15) is 0 Å². The summed E-state index contributed by atoms with van der Waals surface area (Å²) in [5.41, 5.74) is 4.33. The van der Waals surface area contributed by atoms with Gasteiger partial charge in [-0.15, -0.1) is 0 Å². The molecule has 0 N–H and O–H groups in total. The molecule has 2 aromatic rings. The highest BCUT2D eigenvalue weighted by Gasteiger charge is 2.26. The fourth-order valence-corrected chi connectivity index (χ4v) is 3.19. The van der Waals surface area contributed by atoms with Crippen LogP contribution in [-0.4, -0.2) is 30.0 Å². The van der Waals surface area contributed by atoms with Crippen molar-refractivity contribution in [1.29, 1.82) is 0 Å². The summed E-state index contributed by atoms with van der Waals surface area (Å²) in [6.45, 7) is 3.68. The van der Waals surface area contributed by atoms with Gasteiger partial charge in [-0.05, 0) is 49.6 Å². The second-order valence-electron chi connectivity index (χ2n) is 6.04. The molecule has 1 amide bonds. The van der Waals surface area contributed by atoms with E-state index >= 15 is 0 Å². The second-order valence-corrected chi connectivity index (χ2v) is 6.04. The molecular formula is C19H20N2O3. The highest BCUT2D eigenvalue weighted by molar-refractivity contribution is 5.94. The summed E-state index contributed by atoms with van der Waals surface area (Å²) in [7, 11) is 1.35. The number of benzene rings is 1. The molecule has 1 aromatic carbocycles. The van der Waals surface area contributed by atoms with E-state index in [0.717, 1.165) is 35.3 Å². The van der Waals surface area contributed by atoms with Gasteiger partial charge in [0.25, 0.3) is 0 Å². The molecule has 1 aliphatic heterocycles. The Morgan fingerprint density at radius 2 is 2.04 bits per heavy atom. The lowest BCUT2D eigenvalue weighted by molar-refractivity contribution is -0.117. The van der Waals surface area contributed by atoms with E-state index in [1.54, 1.807) is 13.0 Å². The number of ether oxygens (including phenoxy) is 1. The van der Waals surface area contributed by atoms with Crippen LogP contribution in [0.4, 0.5) is 5.69 Å². The number of aromatic nitrogens is 1. The lowest BCUT2D eigenvalue weighted by Gasteiger charge is -2.34. The first-order valence-electron chi connectivity index (χ1n) is 7.98. The minimum Gasteiger partial charge on any atom is -0.465 e. The van der Waals surface area contributed by atoms with Gasteiger partial charge in [-0.25, -0.2) is 4.79 Å². The van der Waals surface area contributed by atoms with Crippen LogP contribution in [0.3, 0.4) is 0 Å². The van der Waals surface area contributed by atoms with Gasteiger partial charge in [0.2, 0.25) is 5.91 Å². The van der Waals surface area contributed by atoms with Gasteiger partial charge in [0.15, 0.2) is 0 Å². The summed E-state index contributed by atoms with van der Waals surface area (Å²) in [4.78, 5) is 29.6. The number of hydrogen-bond donors (Lipinski definition) is 0. The van der Waals surface area contributed by atoms with Crippen LogP contribution >= 0.6 is 0 Å². The van der Waals surface area contributed by atoms with Crippen molar-refractivity contribution in [2.75, 3.05) is 12.0 Å². The van der Waals surface area contributed by atoms with E-state index in [0.29, 0.717) is 5.56 Å². The molecule has 1 aromatic heterocycles. The second kappa shape index (κ2) is 6.43. The predicted molar refractivity (Wildman–Crippen MR) is 92.0 cm³/mol. The minimum atomic E-state index is -0.398. The van der Waals surface area contributed by atoms with Crippen LogP contribution in [0.5, 0.6) is 0 Å². The van der Waals surface area contributed by atoms with E-state index in [1.165, 1.54) is 13.3 Å². The average molecular weight is 324 g/mol. The fourth-order valence-electron chi connectivity index (χ4n) is 3.19. The van der Waals surface area contributed by atoms with Crippen LogP contribution in [0.2, 0.25) is 0 Å². The first-order chi connectivity index (χ1) is 11.5. The van der Waals surface area contributed by atoms with Crippen LogP contribution in [-0.2, 0) is 16.0 Å². The summed E-state index contributed by atoms with van der Waals surface area (Å²) >= 11 is 0. The molecule has 24 heavy (non-hydrogen) atoms. The van der Waals surface area contributed by atoms with Crippen LogP contribution in [0.1, 0.15) is 36.2 Å². The van der Waals surface area contributed by atoms with Crippen LogP contribution in [0, 0.1) is 0 Å². The Bertz CT molecular complexity index is 784. The molecule has 1 atom stereocenters. The van der Waals surface area contributed by atoms with Gasteiger partial charge in [0.05, 0.1) is 18.4 Å². The summed E-state index contributed by atoms with van der Waals surface area (Å²) in [5.74, 6) is -0.331. The maximum absolute atomic E-state index is 11.9. The number of hydrogen-bond acceptors (Lipinski definition) is 4.